The van der Waals surface area contributed by atoms with E-state index in [0.29, 0.717) is 5.56 Å². The molecule has 0 saturated heterocycles. The molecule has 0 atom stereocenters. The molecule has 0 bridgehead atoms. The van der Waals surface area contributed by atoms with Crippen LogP contribution in [0.5, 0.6) is 11.5 Å². The second-order valence-corrected chi connectivity index (χ2v) is 4.22. The lowest BCUT2D eigenvalue weighted by Crippen LogP contribution is -2.14. The maximum atomic E-state index is 13.8. The van der Waals surface area contributed by atoms with Crippen molar-refractivity contribution in [3.63, 3.8) is 0 Å². The highest BCUT2D eigenvalue weighted by atomic mass is 19.1. The van der Waals surface area contributed by atoms with Crippen molar-refractivity contribution in [2.75, 3.05) is 5.73 Å². The number of benzene rings is 2. The molecule has 0 fully saturated rings. The van der Waals surface area contributed by atoms with Crippen molar-refractivity contribution >= 4 is 11.6 Å². The predicted molar refractivity (Wildman–Crippen MR) is 70.5 cm³/mol. The second-order valence-electron chi connectivity index (χ2n) is 4.22. The third kappa shape index (κ3) is 2.54. The van der Waals surface area contributed by atoms with Crippen LogP contribution in [-0.4, -0.2) is 5.91 Å². The third-order valence-electron chi connectivity index (χ3n) is 2.75. The van der Waals surface area contributed by atoms with Gasteiger partial charge in [0.15, 0.2) is 23.1 Å². The Balaban J connectivity index is 2.46. The Labute approximate surface area is 114 Å². The number of primary amides is 1. The molecule has 0 unspecified atom stereocenters. The van der Waals surface area contributed by atoms with Gasteiger partial charge in [-0.15, -0.1) is 0 Å². The van der Waals surface area contributed by atoms with Crippen molar-refractivity contribution in [1.29, 1.82) is 0 Å². The smallest absolute Gasteiger partial charge is 0.250 e. The molecule has 0 aromatic heterocycles. The Morgan fingerprint density at radius 3 is 2.55 bits per heavy atom. The molecule has 20 heavy (non-hydrogen) atoms. The maximum Gasteiger partial charge on any atom is 0.250 e. The lowest BCUT2D eigenvalue weighted by molar-refractivity contribution is 0.100. The molecule has 4 N–H and O–H groups in total. The number of rotatable bonds is 3. The zero-order valence-corrected chi connectivity index (χ0v) is 10.6. The summed E-state index contributed by atoms with van der Waals surface area (Å²) in [4.78, 5) is 11.1. The molecule has 1 amide bonds. The molecule has 2 rings (SSSR count). The standard InChI is InChI=1S/C14H12F2N2O2/c1-7-3-2-4-11(13(7)16)20-12-5-8(14(18)19)10(17)6-9(12)15/h2-6H,17H2,1H3,(H2,18,19). The van der Waals surface area contributed by atoms with Gasteiger partial charge in [0.2, 0.25) is 0 Å². The van der Waals surface area contributed by atoms with Gasteiger partial charge >= 0.3 is 0 Å². The largest absolute Gasteiger partial charge is 0.451 e. The first-order valence-electron chi connectivity index (χ1n) is 5.72. The zero-order valence-electron chi connectivity index (χ0n) is 10.6. The van der Waals surface area contributed by atoms with Gasteiger partial charge in [-0.2, -0.15) is 0 Å². The minimum absolute atomic E-state index is 0.0885. The maximum absolute atomic E-state index is 13.8. The Morgan fingerprint density at radius 2 is 1.90 bits per heavy atom. The van der Waals surface area contributed by atoms with Crippen LogP contribution in [-0.2, 0) is 0 Å². The highest BCUT2D eigenvalue weighted by molar-refractivity contribution is 5.98. The van der Waals surface area contributed by atoms with Gasteiger partial charge in [0.25, 0.3) is 5.91 Å². The topological polar surface area (TPSA) is 78.3 Å². The van der Waals surface area contributed by atoms with Gasteiger partial charge in [0.05, 0.1) is 5.56 Å². The molecule has 0 aliphatic rings. The van der Waals surface area contributed by atoms with E-state index in [4.69, 9.17) is 16.2 Å². The summed E-state index contributed by atoms with van der Waals surface area (Å²) < 4.78 is 32.7. The molecule has 0 spiro atoms. The number of nitrogen functional groups attached to an aromatic ring is 1. The lowest BCUT2D eigenvalue weighted by Gasteiger charge is -2.11. The first-order valence-corrected chi connectivity index (χ1v) is 5.72. The summed E-state index contributed by atoms with van der Waals surface area (Å²) in [6.07, 6.45) is 0. The summed E-state index contributed by atoms with van der Waals surface area (Å²) in [7, 11) is 0. The molecule has 2 aromatic carbocycles. The summed E-state index contributed by atoms with van der Waals surface area (Å²) in [6.45, 7) is 1.55. The number of aryl methyl sites for hydroxylation is 1. The number of hydrogen-bond donors (Lipinski definition) is 2. The van der Waals surface area contributed by atoms with E-state index in [1.807, 2.05) is 0 Å². The number of amides is 1. The predicted octanol–water partition coefficient (Wildman–Crippen LogP) is 2.75. The van der Waals surface area contributed by atoms with E-state index < -0.39 is 17.5 Å². The van der Waals surface area contributed by atoms with Gasteiger partial charge in [-0.05, 0) is 24.6 Å². The molecule has 0 aliphatic carbocycles. The van der Waals surface area contributed by atoms with Gasteiger partial charge in [0.1, 0.15) is 0 Å². The number of carbonyl (C=O) groups excluding carboxylic acids is 1. The molecular weight excluding hydrogens is 266 g/mol. The number of halogens is 2. The number of nitrogens with two attached hydrogens (primary N) is 2. The van der Waals surface area contributed by atoms with Crippen molar-refractivity contribution in [2.24, 2.45) is 5.73 Å². The Bertz CT molecular complexity index is 687. The molecule has 104 valence electrons. The fraction of sp³-hybridized carbons (Fsp3) is 0.0714. The van der Waals surface area contributed by atoms with Gasteiger partial charge in [-0.1, -0.05) is 12.1 Å². The van der Waals surface area contributed by atoms with E-state index in [0.717, 1.165) is 12.1 Å². The van der Waals surface area contributed by atoms with Crippen molar-refractivity contribution in [2.45, 2.75) is 6.92 Å². The molecule has 0 saturated carbocycles. The van der Waals surface area contributed by atoms with E-state index in [1.165, 1.54) is 6.07 Å². The van der Waals surface area contributed by atoms with Crippen molar-refractivity contribution < 1.29 is 18.3 Å². The molecule has 4 nitrogen and oxygen atoms in total. The number of ether oxygens (including phenoxy) is 1. The monoisotopic (exact) mass is 278 g/mol. The molecular formula is C14H12F2N2O2. The molecule has 6 heteroatoms. The first-order chi connectivity index (χ1) is 9.40. The van der Waals surface area contributed by atoms with E-state index in [1.54, 1.807) is 19.1 Å². The van der Waals surface area contributed by atoms with Gasteiger partial charge in [-0.3, -0.25) is 4.79 Å². The van der Waals surface area contributed by atoms with Gasteiger partial charge < -0.3 is 16.2 Å². The van der Waals surface area contributed by atoms with E-state index >= 15 is 0 Å². The summed E-state index contributed by atoms with van der Waals surface area (Å²) in [5.41, 5.74) is 10.7. The molecule has 2 aromatic rings. The minimum atomic E-state index is -0.822. The van der Waals surface area contributed by atoms with Crippen LogP contribution in [0.3, 0.4) is 0 Å². The van der Waals surface area contributed by atoms with Crippen molar-refractivity contribution in [1.82, 2.24) is 0 Å². The number of carbonyl (C=O) groups is 1. The van der Waals surface area contributed by atoms with Crippen molar-refractivity contribution in [3.8, 4) is 11.5 Å². The average molecular weight is 278 g/mol. The van der Waals surface area contributed by atoms with Crippen LogP contribution in [0.4, 0.5) is 14.5 Å². The normalized spacial score (nSPS) is 10.3. The highest BCUT2D eigenvalue weighted by Crippen LogP contribution is 2.30. The highest BCUT2D eigenvalue weighted by Gasteiger charge is 2.15. The van der Waals surface area contributed by atoms with Crippen LogP contribution >= 0.6 is 0 Å². The summed E-state index contributed by atoms with van der Waals surface area (Å²) in [6, 6.07) is 6.42. The Morgan fingerprint density at radius 1 is 1.20 bits per heavy atom. The molecule has 0 aliphatic heterocycles. The lowest BCUT2D eigenvalue weighted by atomic mass is 10.1. The number of hydrogen-bond acceptors (Lipinski definition) is 3. The molecule has 0 heterocycles. The van der Waals surface area contributed by atoms with Gasteiger partial charge in [-0.25, -0.2) is 8.78 Å². The first kappa shape index (κ1) is 13.8. The van der Waals surface area contributed by atoms with Crippen LogP contribution in [0.2, 0.25) is 0 Å². The Hall–Kier alpha value is -2.63. The molecule has 0 radical (unpaired) electrons. The Kier molecular flexibility index (Phi) is 3.56. The summed E-state index contributed by atoms with van der Waals surface area (Å²) in [5, 5.41) is 0. The minimum Gasteiger partial charge on any atom is -0.451 e. The van der Waals surface area contributed by atoms with E-state index in [-0.39, 0.29) is 22.7 Å². The zero-order chi connectivity index (χ0) is 14.9. The van der Waals surface area contributed by atoms with Crippen LogP contribution < -0.4 is 16.2 Å². The van der Waals surface area contributed by atoms with Crippen molar-refractivity contribution in [3.05, 3.63) is 53.1 Å². The number of anilines is 1. The van der Waals surface area contributed by atoms with Crippen LogP contribution in [0.1, 0.15) is 15.9 Å². The fourth-order valence-electron chi connectivity index (χ4n) is 1.68. The van der Waals surface area contributed by atoms with E-state index in [2.05, 4.69) is 0 Å². The summed E-state index contributed by atoms with van der Waals surface area (Å²) >= 11 is 0. The fourth-order valence-corrected chi connectivity index (χ4v) is 1.68. The SMILES string of the molecule is Cc1cccc(Oc2cc(C(N)=O)c(N)cc2F)c1F. The summed E-state index contributed by atoms with van der Waals surface area (Å²) in [5.74, 6) is -2.71. The van der Waals surface area contributed by atoms with Crippen LogP contribution in [0.15, 0.2) is 30.3 Å². The van der Waals surface area contributed by atoms with E-state index in [9.17, 15) is 13.6 Å². The van der Waals surface area contributed by atoms with Gasteiger partial charge in [0, 0.05) is 11.8 Å². The van der Waals surface area contributed by atoms with Crippen LogP contribution in [0.25, 0.3) is 0 Å². The average Bonchev–Trinajstić information content (AvgIpc) is 2.37. The quantitative estimate of drug-likeness (QED) is 0.847. The third-order valence-corrected chi connectivity index (χ3v) is 2.75. The second kappa shape index (κ2) is 5.16. The van der Waals surface area contributed by atoms with Crippen LogP contribution in [0, 0.1) is 18.6 Å².